The van der Waals surface area contributed by atoms with Crippen molar-refractivity contribution in [3.8, 4) is 0 Å². The zero-order chi connectivity index (χ0) is 20.4. The normalized spacial score (nSPS) is 11.7. The molecule has 0 fully saturated rings. The smallest absolute Gasteiger partial charge is 0.242 e. The van der Waals surface area contributed by atoms with E-state index < -0.39 is 6.04 Å². The van der Waals surface area contributed by atoms with Crippen LogP contribution in [0.15, 0.2) is 59.1 Å². The topological polar surface area (TPSA) is 49.4 Å². The third-order valence-corrected chi connectivity index (χ3v) is 5.86. The maximum Gasteiger partial charge on any atom is 0.242 e. The molecule has 0 bridgehead atoms. The molecule has 0 aromatic heterocycles. The fourth-order valence-electron chi connectivity index (χ4n) is 2.91. The van der Waals surface area contributed by atoms with Gasteiger partial charge in [0.05, 0.1) is 5.75 Å². The third kappa shape index (κ3) is 6.99. The van der Waals surface area contributed by atoms with E-state index in [0.29, 0.717) is 25.3 Å². The molecule has 2 aromatic rings. The van der Waals surface area contributed by atoms with Crippen molar-refractivity contribution in [1.82, 2.24) is 10.2 Å². The lowest BCUT2D eigenvalue weighted by Gasteiger charge is -2.30. The van der Waals surface area contributed by atoms with E-state index in [-0.39, 0.29) is 11.8 Å². The molecule has 0 unspecified atom stereocenters. The first kappa shape index (κ1) is 22.5. The Labute approximate surface area is 180 Å². The average Bonchev–Trinajstić information content (AvgIpc) is 2.70. The van der Waals surface area contributed by atoms with Gasteiger partial charge in [-0.3, -0.25) is 9.59 Å². The monoisotopic (exact) mass is 462 g/mol. The summed E-state index contributed by atoms with van der Waals surface area (Å²) >= 11 is 5.01. The van der Waals surface area contributed by atoms with Crippen molar-refractivity contribution in [3.05, 3.63) is 70.2 Å². The van der Waals surface area contributed by atoms with Crippen molar-refractivity contribution < 1.29 is 9.59 Å². The fraction of sp³-hybridized carbons (Fsp3) is 0.364. The number of carbonyl (C=O) groups excluding carboxylic acids is 2. The van der Waals surface area contributed by atoms with Crippen LogP contribution in [0, 0.1) is 0 Å². The summed E-state index contributed by atoms with van der Waals surface area (Å²) in [6.45, 7) is 4.83. The Bertz CT molecular complexity index is 753. The van der Waals surface area contributed by atoms with Crippen LogP contribution < -0.4 is 5.32 Å². The first-order valence-corrected chi connectivity index (χ1v) is 11.4. The van der Waals surface area contributed by atoms with Crippen LogP contribution >= 0.6 is 27.7 Å². The van der Waals surface area contributed by atoms with E-state index in [2.05, 4.69) is 21.2 Å². The Morgan fingerprint density at radius 1 is 1.04 bits per heavy atom. The quantitative estimate of drug-likeness (QED) is 0.559. The van der Waals surface area contributed by atoms with E-state index in [4.69, 9.17) is 0 Å². The zero-order valence-electron chi connectivity index (χ0n) is 16.4. The number of nitrogens with one attached hydrogen (secondary N) is 1. The Balaban J connectivity index is 2.06. The third-order valence-electron chi connectivity index (χ3n) is 4.34. The molecule has 0 aliphatic heterocycles. The number of rotatable bonds is 10. The van der Waals surface area contributed by atoms with Gasteiger partial charge in [-0.2, -0.15) is 0 Å². The summed E-state index contributed by atoms with van der Waals surface area (Å²) in [5.74, 6) is 1.01. The van der Waals surface area contributed by atoms with Gasteiger partial charge in [0.15, 0.2) is 0 Å². The van der Waals surface area contributed by atoms with Gasteiger partial charge in [0.2, 0.25) is 11.8 Å². The summed E-state index contributed by atoms with van der Waals surface area (Å²) in [7, 11) is 0. The second kappa shape index (κ2) is 11.9. The van der Waals surface area contributed by atoms with Crippen LogP contribution in [0.4, 0.5) is 0 Å². The predicted octanol–water partition coefficient (Wildman–Crippen LogP) is 4.63. The molecule has 2 rings (SSSR count). The van der Waals surface area contributed by atoms with Crippen LogP contribution in [0.2, 0.25) is 0 Å². The number of hydrogen-bond acceptors (Lipinski definition) is 3. The van der Waals surface area contributed by atoms with Crippen molar-refractivity contribution in [3.63, 3.8) is 0 Å². The molecule has 150 valence electrons. The van der Waals surface area contributed by atoms with E-state index in [0.717, 1.165) is 15.8 Å². The first-order valence-electron chi connectivity index (χ1n) is 9.48. The largest absolute Gasteiger partial charge is 0.355 e. The lowest BCUT2D eigenvalue weighted by atomic mass is 10.1. The highest BCUT2D eigenvalue weighted by molar-refractivity contribution is 9.10. The highest BCUT2D eigenvalue weighted by atomic mass is 79.9. The maximum atomic E-state index is 13.0. The Morgan fingerprint density at radius 2 is 1.71 bits per heavy atom. The maximum absolute atomic E-state index is 13.0. The van der Waals surface area contributed by atoms with Gasteiger partial charge in [0.25, 0.3) is 0 Å². The molecule has 28 heavy (non-hydrogen) atoms. The highest BCUT2D eigenvalue weighted by Gasteiger charge is 2.28. The lowest BCUT2D eigenvalue weighted by Crippen LogP contribution is -2.49. The van der Waals surface area contributed by atoms with E-state index in [1.54, 1.807) is 16.7 Å². The van der Waals surface area contributed by atoms with Gasteiger partial charge in [0, 0.05) is 23.3 Å². The molecule has 1 atom stereocenters. The number of hydrogen-bond donors (Lipinski definition) is 1. The molecule has 1 N–H and O–H groups in total. The molecule has 2 amide bonds. The molecule has 4 nitrogen and oxygen atoms in total. The standard InChI is InChI=1S/C22H27BrN2O2S/c1-3-20(22(27)24-4-2)25(14-17-8-6-5-7-9-17)21(26)16-28-15-18-10-12-19(23)13-11-18/h5-13,20H,3-4,14-16H2,1-2H3,(H,24,27)/t20-/m1/s1. The van der Waals surface area contributed by atoms with Crippen LogP contribution in [0.25, 0.3) is 0 Å². The number of halogens is 1. The first-order chi connectivity index (χ1) is 13.5. The minimum Gasteiger partial charge on any atom is -0.355 e. The van der Waals surface area contributed by atoms with Crippen LogP contribution in [0.5, 0.6) is 0 Å². The number of thioether (sulfide) groups is 1. The minimum atomic E-state index is -0.457. The summed E-state index contributed by atoms with van der Waals surface area (Å²) in [6, 6.07) is 17.5. The SMILES string of the molecule is CCNC(=O)[C@@H](CC)N(Cc1ccccc1)C(=O)CSCc1ccc(Br)cc1. The van der Waals surface area contributed by atoms with E-state index >= 15 is 0 Å². The predicted molar refractivity (Wildman–Crippen MR) is 120 cm³/mol. The Kier molecular flexibility index (Phi) is 9.58. The van der Waals surface area contributed by atoms with E-state index in [1.165, 1.54) is 5.56 Å². The molecular weight excluding hydrogens is 436 g/mol. The van der Waals surface area contributed by atoms with Crippen LogP contribution in [0.1, 0.15) is 31.4 Å². The highest BCUT2D eigenvalue weighted by Crippen LogP contribution is 2.18. The molecule has 0 aliphatic carbocycles. The average molecular weight is 463 g/mol. The fourth-order valence-corrected chi connectivity index (χ4v) is 4.05. The number of amides is 2. The molecule has 0 spiro atoms. The van der Waals surface area contributed by atoms with Crippen LogP contribution in [-0.4, -0.2) is 35.1 Å². The van der Waals surface area contributed by atoms with Crippen LogP contribution in [0.3, 0.4) is 0 Å². The van der Waals surface area contributed by atoms with Gasteiger partial charge in [0.1, 0.15) is 6.04 Å². The van der Waals surface area contributed by atoms with Gasteiger partial charge in [-0.25, -0.2) is 0 Å². The Morgan fingerprint density at radius 3 is 2.32 bits per heavy atom. The summed E-state index contributed by atoms with van der Waals surface area (Å²) in [6.07, 6.45) is 0.585. The second-order valence-electron chi connectivity index (χ2n) is 6.45. The summed E-state index contributed by atoms with van der Waals surface area (Å²) in [5.41, 5.74) is 2.20. The minimum absolute atomic E-state index is 0.0101. The van der Waals surface area contributed by atoms with Crippen molar-refractivity contribution in [1.29, 1.82) is 0 Å². The molecular formula is C22H27BrN2O2S. The molecule has 0 saturated heterocycles. The number of carbonyl (C=O) groups is 2. The van der Waals surface area contributed by atoms with Crippen LogP contribution in [-0.2, 0) is 21.9 Å². The summed E-state index contributed by atoms with van der Waals surface area (Å²) in [5, 5.41) is 2.86. The summed E-state index contributed by atoms with van der Waals surface area (Å²) < 4.78 is 1.04. The second-order valence-corrected chi connectivity index (χ2v) is 8.35. The van der Waals surface area contributed by atoms with Gasteiger partial charge in [-0.1, -0.05) is 65.3 Å². The summed E-state index contributed by atoms with van der Waals surface area (Å²) in [4.78, 5) is 27.3. The molecule has 0 heterocycles. The van der Waals surface area contributed by atoms with Gasteiger partial charge >= 0.3 is 0 Å². The number of benzene rings is 2. The van der Waals surface area contributed by atoms with Crippen molar-refractivity contribution in [2.45, 2.75) is 38.6 Å². The number of nitrogens with zero attached hydrogens (tertiary/aromatic N) is 1. The number of likely N-dealkylation sites (N-methyl/N-ethyl adjacent to an activating group) is 1. The van der Waals surface area contributed by atoms with Crippen molar-refractivity contribution in [2.24, 2.45) is 0 Å². The van der Waals surface area contributed by atoms with E-state index in [1.807, 2.05) is 68.4 Å². The molecule has 0 saturated carbocycles. The zero-order valence-corrected chi connectivity index (χ0v) is 18.8. The molecule has 2 aromatic carbocycles. The van der Waals surface area contributed by atoms with Crippen molar-refractivity contribution in [2.75, 3.05) is 12.3 Å². The molecule has 6 heteroatoms. The molecule has 0 radical (unpaired) electrons. The van der Waals surface area contributed by atoms with Gasteiger partial charge in [-0.05, 0) is 36.6 Å². The van der Waals surface area contributed by atoms with Gasteiger partial charge in [-0.15, -0.1) is 11.8 Å². The van der Waals surface area contributed by atoms with E-state index in [9.17, 15) is 9.59 Å². The van der Waals surface area contributed by atoms with Gasteiger partial charge < -0.3 is 10.2 Å². The van der Waals surface area contributed by atoms with Crippen molar-refractivity contribution >= 4 is 39.5 Å². The molecule has 0 aliphatic rings. The Hall–Kier alpha value is -1.79. The lowest BCUT2D eigenvalue weighted by molar-refractivity contribution is -0.139.